The average Bonchev–Trinajstić information content (AvgIpc) is 2.70. The van der Waals surface area contributed by atoms with Crippen LogP contribution in [-0.2, 0) is 14.8 Å². The highest BCUT2D eigenvalue weighted by atomic mass is 32.2. The van der Waals surface area contributed by atoms with Gasteiger partial charge >= 0.3 is 0 Å². The molecule has 29 heavy (non-hydrogen) atoms. The smallest absolute Gasteiger partial charge is 0.257 e. The Morgan fingerprint density at radius 3 is 2.31 bits per heavy atom. The number of hydrogen-bond donors (Lipinski definition) is 2. The lowest BCUT2D eigenvalue weighted by atomic mass is 10.1. The summed E-state index contributed by atoms with van der Waals surface area (Å²) in [4.78, 5) is 13.0. The van der Waals surface area contributed by atoms with Crippen molar-refractivity contribution in [2.75, 3.05) is 44.0 Å². The van der Waals surface area contributed by atoms with Gasteiger partial charge in [-0.15, -0.1) is 0 Å². The number of benzene rings is 2. The largest absolute Gasteiger partial charge is 0.383 e. The van der Waals surface area contributed by atoms with E-state index in [0.717, 1.165) is 5.56 Å². The van der Waals surface area contributed by atoms with Crippen LogP contribution in [0.5, 0.6) is 0 Å². The summed E-state index contributed by atoms with van der Waals surface area (Å²) >= 11 is 0. The highest BCUT2D eigenvalue weighted by Crippen LogP contribution is 2.24. The van der Waals surface area contributed by atoms with Gasteiger partial charge in [-0.1, -0.05) is 31.5 Å². The van der Waals surface area contributed by atoms with Crippen LogP contribution < -0.4 is 10.6 Å². The van der Waals surface area contributed by atoms with Crippen LogP contribution in [0.2, 0.25) is 0 Å². The van der Waals surface area contributed by atoms with Crippen molar-refractivity contribution in [3.8, 4) is 0 Å². The molecule has 0 saturated carbocycles. The molecule has 0 aromatic heterocycles. The summed E-state index contributed by atoms with van der Waals surface area (Å²) in [6, 6.07) is 12.0. The molecule has 2 rings (SSSR count). The minimum atomic E-state index is -3.68. The zero-order valence-corrected chi connectivity index (χ0v) is 18.2. The van der Waals surface area contributed by atoms with Gasteiger partial charge in [0.25, 0.3) is 5.91 Å². The molecular formula is C21H29N3O4S. The molecule has 0 unspecified atom stereocenters. The summed E-state index contributed by atoms with van der Waals surface area (Å²) < 4.78 is 32.2. The number of rotatable bonds is 10. The van der Waals surface area contributed by atoms with Crippen molar-refractivity contribution < 1.29 is 17.9 Å². The SMILES string of the molecule is CCN(CC)S(=O)(=O)c1ccc(NCCOC)c(C(=O)Nc2ccc(C)cc2)c1. The third-order valence-corrected chi connectivity index (χ3v) is 6.56. The lowest BCUT2D eigenvalue weighted by Crippen LogP contribution is -2.31. The Morgan fingerprint density at radius 2 is 1.72 bits per heavy atom. The molecule has 158 valence electrons. The minimum Gasteiger partial charge on any atom is -0.383 e. The Kier molecular flexibility index (Phi) is 8.19. The predicted molar refractivity (Wildman–Crippen MR) is 116 cm³/mol. The van der Waals surface area contributed by atoms with E-state index < -0.39 is 10.0 Å². The molecule has 0 radical (unpaired) electrons. The van der Waals surface area contributed by atoms with E-state index in [9.17, 15) is 13.2 Å². The van der Waals surface area contributed by atoms with Gasteiger partial charge < -0.3 is 15.4 Å². The van der Waals surface area contributed by atoms with Gasteiger partial charge in [0.1, 0.15) is 0 Å². The quantitative estimate of drug-likeness (QED) is 0.577. The number of anilines is 2. The second-order valence-corrected chi connectivity index (χ2v) is 8.47. The minimum absolute atomic E-state index is 0.0903. The van der Waals surface area contributed by atoms with Crippen LogP contribution in [-0.4, -0.2) is 52.0 Å². The Bertz CT molecular complexity index is 923. The summed E-state index contributed by atoms with van der Waals surface area (Å²) in [5, 5.41) is 5.97. The van der Waals surface area contributed by atoms with Crippen molar-refractivity contribution in [3.05, 3.63) is 53.6 Å². The van der Waals surface area contributed by atoms with Gasteiger partial charge in [0.05, 0.1) is 17.1 Å². The van der Waals surface area contributed by atoms with E-state index in [2.05, 4.69) is 10.6 Å². The van der Waals surface area contributed by atoms with Crippen molar-refractivity contribution in [2.24, 2.45) is 0 Å². The Balaban J connectivity index is 2.41. The lowest BCUT2D eigenvalue weighted by Gasteiger charge is -2.20. The molecule has 0 saturated heterocycles. The van der Waals surface area contributed by atoms with Crippen molar-refractivity contribution >= 4 is 27.3 Å². The normalized spacial score (nSPS) is 11.5. The molecule has 0 spiro atoms. The molecular weight excluding hydrogens is 390 g/mol. The van der Waals surface area contributed by atoms with Gasteiger partial charge in [-0.05, 0) is 37.3 Å². The zero-order valence-electron chi connectivity index (χ0n) is 17.4. The van der Waals surface area contributed by atoms with E-state index >= 15 is 0 Å². The number of carbonyl (C=O) groups excluding carboxylic acids is 1. The summed E-state index contributed by atoms with van der Waals surface area (Å²) in [6.45, 7) is 7.20. The van der Waals surface area contributed by atoms with Crippen molar-refractivity contribution in [1.29, 1.82) is 0 Å². The molecule has 0 aliphatic heterocycles. The molecule has 1 amide bonds. The number of methoxy groups -OCH3 is 1. The molecule has 0 atom stereocenters. The molecule has 8 heteroatoms. The molecule has 0 aliphatic carbocycles. The molecule has 7 nitrogen and oxygen atoms in total. The first kappa shape index (κ1) is 22.9. The predicted octanol–water partition coefficient (Wildman–Crippen LogP) is 3.34. The lowest BCUT2D eigenvalue weighted by molar-refractivity contribution is 0.102. The first-order valence-electron chi connectivity index (χ1n) is 9.58. The summed E-state index contributed by atoms with van der Waals surface area (Å²) in [6.07, 6.45) is 0. The van der Waals surface area contributed by atoms with Crippen molar-refractivity contribution in [1.82, 2.24) is 4.31 Å². The summed E-state index contributed by atoms with van der Waals surface area (Å²) in [7, 11) is -2.09. The topological polar surface area (TPSA) is 87.7 Å². The first-order valence-corrected chi connectivity index (χ1v) is 11.0. The molecule has 2 aromatic carbocycles. The maximum absolute atomic E-state index is 12.9. The summed E-state index contributed by atoms with van der Waals surface area (Å²) in [5.74, 6) is -0.384. The third-order valence-electron chi connectivity index (χ3n) is 4.51. The fraction of sp³-hybridized carbons (Fsp3) is 0.381. The highest BCUT2D eigenvalue weighted by Gasteiger charge is 2.24. The fourth-order valence-electron chi connectivity index (χ4n) is 2.86. The molecule has 2 aromatic rings. The van der Waals surface area contributed by atoms with Gasteiger partial charge in [-0.3, -0.25) is 4.79 Å². The molecule has 0 heterocycles. The number of nitrogens with zero attached hydrogens (tertiary/aromatic N) is 1. The Labute approximate surface area is 173 Å². The van der Waals surface area contributed by atoms with E-state index in [1.165, 1.54) is 16.4 Å². The molecule has 0 aliphatic rings. The van der Waals surface area contributed by atoms with Crippen LogP contribution in [0.3, 0.4) is 0 Å². The monoisotopic (exact) mass is 419 g/mol. The second-order valence-electron chi connectivity index (χ2n) is 6.54. The van der Waals surface area contributed by atoms with Crippen LogP contribution in [0.4, 0.5) is 11.4 Å². The third kappa shape index (κ3) is 5.79. The summed E-state index contributed by atoms with van der Waals surface area (Å²) in [5.41, 5.74) is 2.53. The van der Waals surface area contributed by atoms with E-state index in [1.54, 1.807) is 27.0 Å². The molecule has 0 bridgehead atoms. The molecule has 0 fully saturated rings. The van der Waals surface area contributed by atoms with Gasteiger partial charge in [0.15, 0.2) is 0 Å². The van der Waals surface area contributed by atoms with Crippen LogP contribution in [0.15, 0.2) is 47.4 Å². The Morgan fingerprint density at radius 1 is 1.07 bits per heavy atom. The second kappa shape index (κ2) is 10.4. The van der Waals surface area contributed by atoms with Crippen LogP contribution in [0, 0.1) is 6.92 Å². The number of ether oxygens (including phenoxy) is 1. The number of hydrogen-bond acceptors (Lipinski definition) is 5. The maximum Gasteiger partial charge on any atom is 0.257 e. The van der Waals surface area contributed by atoms with Gasteiger partial charge in [-0.25, -0.2) is 8.42 Å². The number of amides is 1. The van der Waals surface area contributed by atoms with Crippen LogP contribution in [0.1, 0.15) is 29.8 Å². The van der Waals surface area contributed by atoms with Gasteiger partial charge in [0, 0.05) is 38.1 Å². The van der Waals surface area contributed by atoms with E-state index in [-0.39, 0.29) is 16.4 Å². The maximum atomic E-state index is 12.9. The number of sulfonamides is 1. The van der Waals surface area contributed by atoms with E-state index in [0.29, 0.717) is 37.6 Å². The Hall–Kier alpha value is -2.42. The average molecular weight is 420 g/mol. The molecule has 2 N–H and O–H groups in total. The first-order chi connectivity index (χ1) is 13.8. The number of carbonyl (C=O) groups is 1. The van der Waals surface area contributed by atoms with E-state index in [4.69, 9.17) is 4.74 Å². The number of aryl methyl sites for hydroxylation is 1. The number of nitrogens with one attached hydrogen (secondary N) is 2. The fourth-order valence-corrected chi connectivity index (χ4v) is 4.35. The van der Waals surface area contributed by atoms with Crippen molar-refractivity contribution in [2.45, 2.75) is 25.7 Å². The van der Waals surface area contributed by atoms with Crippen LogP contribution >= 0.6 is 0 Å². The standard InChI is InChI=1S/C21H29N3O4S/c1-5-24(6-2)29(26,27)18-11-12-20(22-13-14-28-4)19(15-18)21(25)23-17-9-7-16(3)8-10-17/h7-12,15,22H,5-6,13-14H2,1-4H3,(H,23,25). The van der Waals surface area contributed by atoms with Gasteiger partial charge in [-0.2, -0.15) is 4.31 Å². The van der Waals surface area contributed by atoms with Crippen LogP contribution in [0.25, 0.3) is 0 Å². The van der Waals surface area contributed by atoms with E-state index in [1.807, 2.05) is 31.2 Å². The highest BCUT2D eigenvalue weighted by molar-refractivity contribution is 7.89. The zero-order chi connectivity index (χ0) is 21.4. The van der Waals surface area contributed by atoms with Gasteiger partial charge in [0.2, 0.25) is 10.0 Å². The van der Waals surface area contributed by atoms with Crippen molar-refractivity contribution in [3.63, 3.8) is 0 Å².